The van der Waals surface area contributed by atoms with Crippen LogP contribution in [0.25, 0.3) is 0 Å². The van der Waals surface area contributed by atoms with Crippen LogP contribution in [-0.4, -0.2) is 33.5 Å². The highest BCUT2D eigenvalue weighted by Crippen LogP contribution is 2.38. The van der Waals surface area contributed by atoms with Gasteiger partial charge in [-0.05, 0) is 43.3 Å². The summed E-state index contributed by atoms with van der Waals surface area (Å²) in [6, 6.07) is 21.7. The molecule has 2 N–H and O–H groups in total. The molecule has 4 aromatic carbocycles. The van der Waals surface area contributed by atoms with Crippen LogP contribution < -0.4 is 9.47 Å². The molecule has 8 heteroatoms. The van der Waals surface area contributed by atoms with Gasteiger partial charge in [0.1, 0.15) is 17.2 Å². The van der Waals surface area contributed by atoms with Crippen molar-refractivity contribution in [1.82, 2.24) is 0 Å². The van der Waals surface area contributed by atoms with Crippen LogP contribution in [0.2, 0.25) is 0 Å². The molecule has 0 heterocycles. The first-order chi connectivity index (χ1) is 18.7. The fourth-order valence-electron chi connectivity index (χ4n) is 3.61. The molecule has 0 bridgehead atoms. The number of benzene rings is 4. The summed E-state index contributed by atoms with van der Waals surface area (Å²) in [6.07, 6.45) is 0. The van der Waals surface area contributed by atoms with Gasteiger partial charge in [-0.25, -0.2) is 4.79 Å². The van der Waals surface area contributed by atoms with Crippen LogP contribution in [0.1, 0.15) is 43.6 Å². The van der Waals surface area contributed by atoms with E-state index in [0.717, 1.165) is 6.07 Å². The SMILES string of the molecule is C=C(C)C(=O)Oc1cccc(C(=O)C(=O)c2ccccc2)c1Oc1ccc(C(=O)c2ccccc2O)c(O)c1. The highest BCUT2D eigenvalue weighted by atomic mass is 16.6. The molecule has 0 saturated heterocycles. The summed E-state index contributed by atoms with van der Waals surface area (Å²) in [6.45, 7) is 4.98. The maximum atomic E-state index is 13.2. The lowest BCUT2D eigenvalue weighted by Gasteiger charge is -2.15. The molecule has 0 spiro atoms. The van der Waals surface area contributed by atoms with E-state index in [2.05, 4.69) is 6.58 Å². The van der Waals surface area contributed by atoms with E-state index in [1.54, 1.807) is 30.3 Å². The third kappa shape index (κ3) is 5.75. The Bertz CT molecular complexity index is 1620. The maximum absolute atomic E-state index is 13.2. The maximum Gasteiger partial charge on any atom is 0.338 e. The highest BCUT2D eigenvalue weighted by Gasteiger charge is 2.26. The molecule has 4 rings (SSSR count). The second-order valence-corrected chi connectivity index (χ2v) is 8.45. The molecule has 0 atom stereocenters. The lowest BCUT2D eigenvalue weighted by atomic mass is 10.00. The number of carbonyl (C=O) groups is 4. The molecular weight excluding hydrogens is 500 g/mol. The number of para-hydroxylation sites is 2. The van der Waals surface area contributed by atoms with Crippen molar-refractivity contribution in [3.8, 4) is 28.7 Å². The van der Waals surface area contributed by atoms with Crippen molar-refractivity contribution in [3.63, 3.8) is 0 Å². The van der Waals surface area contributed by atoms with Crippen molar-refractivity contribution < 1.29 is 38.9 Å². The predicted octanol–water partition coefficient (Wildman–Crippen LogP) is 5.67. The van der Waals surface area contributed by atoms with E-state index in [1.165, 1.54) is 61.5 Å². The number of phenolic OH excluding ortho intramolecular Hbond substituents is 2. The van der Waals surface area contributed by atoms with E-state index in [0.29, 0.717) is 0 Å². The number of aromatic hydroxyl groups is 2. The molecule has 0 aromatic heterocycles. The topological polar surface area (TPSA) is 127 Å². The van der Waals surface area contributed by atoms with Gasteiger partial charge in [-0.15, -0.1) is 0 Å². The molecule has 0 aliphatic carbocycles. The van der Waals surface area contributed by atoms with Crippen molar-refractivity contribution in [2.24, 2.45) is 0 Å². The monoisotopic (exact) mass is 522 g/mol. The fraction of sp³-hybridized carbons (Fsp3) is 0.0323. The molecule has 0 fully saturated rings. The molecule has 0 radical (unpaired) electrons. The van der Waals surface area contributed by atoms with Gasteiger partial charge in [-0.3, -0.25) is 14.4 Å². The van der Waals surface area contributed by atoms with Gasteiger partial charge in [-0.1, -0.05) is 55.1 Å². The molecule has 0 aliphatic rings. The molecule has 0 aliphatic heterocycles. The zero-order valence-electron chi connectivity index (χ0n) is 20.7. The summed E-state index contributed by atoms with van der Waals surface area (Å²) < 4.78 is 11.2. The van der Waals surface area contributed by atoms with E-state index in [1.807, 2.05) is 0 Å². The van der Waals surface area contributed by atoms with Crippen molar-refractivity contribution >= 4 is 23.3 Å². The zero-order chi connectivity index (χ0) is 28.1. The average molecular weight is 523 g/mol. The molecule has 0 saturated carbocycles. The molecular formula is C31H22O8. The summed E-state index contributed by atoms with van der Waals surface area (Å²) in [4.78, 5) is 51.2. The Labute approximate surface area is 223 Å². The van der Waals surface area contributed by atoms with Crippen LogP contribution in [-0.2, 0) is 4.79 Å². The number of hydrogen-bond donors (Lipinski definition) is 2. The number of ketones is 3. The Morgan fingerprint density at radius 2 is 1.33 bits per heavy atom. The summed E-state index contributed by atoms with van der Waals surface area (Å²) in [5.74, 6) is -4.30. The first-order valence-electron chi connectivity index (χ1n) is 11.7. The summed E-state index contributed by atoms with van der Waals surface area (Å²) >= 11 is 0. The van der Waals surface area contributed by atoms with Gasteiger partial charge >= 0.3 is 5.97 Å². The van der Waals surface area contributed by atoms with Gasteiger partial charge in [0.15, 0.2) is 17.3 Å². The first-order valence-corrected chi connectivity index (χ1v) is 11.7. The molecule has 4 aromatic rings. The number of hydrogen-bond acceptors (Lipinski definition) is 8. The fourth-order valence-corrected chi connectivity index (χ4v) is 3.61. The molecule has 8 nitrogen and oxygen atoms in total. The average Bonchev–Trinajstić information content (AvgIpc) is 2.93. The van der Waals surface area contributed by atoms with E-state index in [4.69, 9.17) is 9.47 Å². The van der Waals surface area contributed by atoms with Crippen molar-refractivity contribution in [2.75, 3.05) is 0 Å². The molecule has 0 amide bonds. The van der Waals surface area contributed by atoms with Crippen LogP contribution in [0.5, 0.6) is 28.7 Å². The number of phenols is 2. The smallest absolute Gasteiger partial charge is 0.338 e. The molecule has 194 valence electrons. The largest absolute Gasteiger partial charge is 0.507 e. The van der Waals surface area contributed by atoms with Crippen molar-refractivity contribution in [1.29, 1.82) is 0 Å². The van der Waals surface area contributed by atoms with Gasteiger partial charge in [-0.2, -0.15) is 0 Å². The van der Waals surface area contributed by atoms with Crippen molar-refractivity contribution in [2.45, 2.75) is 6.92 Å². The third-order valence-corrected chi connectivity index (χ3v) is 5.60. The van der Waals surface area contributed by atoms with Crippen LogP contribution in [0.3, 0.4) is 0 Å². The summed E-state index contributed by atoms with van der Waals surface area (Å²) in [5, 5.41) is 20.6. The second kappa shape index (κ2) is 11.3. The van der Waals surface area contributed by atoms with Crippen LogP contribution in [0.15, 0.2) is 103 Å². The minimum atomic E-state index is -0.917. The Hall–Kier alpha value is -5.50. The Kier molecular flexibility index (Phi) is 7.67. The third-order valence-electron chi connectivity index (χ3n) is 5.60. The van der Waals surface area contributed by atoms with Crippen LogP contribution in [0.4, 0.5) is 0 Å². The zero-order valence-corrected chi connectivity index (χ0v) is 20.7. The quantitative estimate of drug-likeness (QED) is 0.0947. The summed E-state index contributed by atoms with van der Waals surface area (Å²) in [5.41, 5.74) is -0.0675. The van der Waals surface area contributed by atoms with Gasteiger partial charge in [0.2, 0.25) is 11.6 Å². The van der Waals surface area contributed by atoms with E-state index in [9.17, 15) is 29.4 Å². The normalized spacial score (nSPS) is 10.4. The number of rotatable bonds is 9. The number of esters is 1. The van der Waals surface area contributed by atoms with Crippen LogP contribution >= 0.6 is 0 Å². The van der Waals surface area contributed by atoms with Crippen LogP contribution in [0, 0.1) is 0 Å². The van der Waals surface area contributed by atoms with Gasteiger partial charge in [0.05, 0.1) is 16.7 Å². The van der Waals surface area contributed by atoms with Gasteiger partial charge < -0.3 is 19.7 Å². The lowest BCUT2D eigenvalue weighted by Crippen LogP contribution is -2.16. The van der Waals surface area contributed by atoms with E-state index in [-0.39, 0.29) is 50.8 Å². The predicted molar refractivity (Wildman–Crippen MR) is 142 cm³/mol. The van der Waals surface area contributed by atoms with E-state index >= 15 is 0 Å². The molecule has 0 unspecified atom stereocenters. The van der Waals surface area contributed by atoms with Gasteiger partial charge in [0.25, 0.3) is 0 Å². The Morgan fingerprint density at radius 3 is 2.00 bits per heavy atom. The number of carbonyl (C=O) groups excluding carboxylic acids is 4. The first kappa shape index (κ1) is 26.6. The summed E-state index contributed by atoms with van der Waals surface area (Å²) in [7, 11) is 0. The highest BCUT2D eigenvalue weighted by molar-refractivity contribution is 6.49. The minimum Gasteiger partial charge on any atom is -0.507 e. The standard InChI is InChI=1S/C31H22O8/c1-18(2)31(37)39-26-14-8-12-23(29(36)27(34)19-9-4-3-5-10-19)30(26)38-20-15-16-22(25(33)17-20)28(35)21-11-6-7-13-24(21)32/h3-17,32-33H,1H2,2H3. The van der Waals surface area contributed by atoms with Gasteiger partial charge in [0, 0.05) is 17.2 Å². The Balaban J connectivity index is 1.73. The second-order valence-electron chi connectivity index (χ2n) is 8.45. The van der Waals surface area contributed by atoms with E-state index < -0.39 is 29.1 Å². The van der Waals surface area contributed by atoms with Crippen molar-refractivity contribution in [3.05, 3.63) is 125 Å². The number of Topliss-reactive ketones (excluding diaryl/α,β-unsaturated/α-hetero) is 2. The minimum absolute atomic E-state index is 0.00849. The molecule has 39 heavy (non-hydrogen) atoms. The lowest BCUT2D eigenvalue weighted by molar-refractivity contribution is -0.130. The Morgan fingerprint density at radius 1 is 0.692 bits per heavy atom. The number of ether oxygens (including phenoxy) is 2.